The molecule has 0 radical (unpaired) electrons. The molecule has 18 heavy (non-hydrogen) atoms. The molecule has 1 aliphatic heterocycles. The van der Waals surface area contributed by atoms with Gasteiger partial charge in [-0.1, -0.05) is 13.3 Å². The summed E-state index contributed by atoms with van der Waals surface area (Å²) in [6, 6.07) is 0.728. The van der Waals surface area contributed by atoms with Crippen LogP contribution in [0.1, 0.15) is 66.7 Å². The van der Waals surface area contributed by atoms with Gasteiger partial charge in [-0.15, -0.1) is 0 Å². The van der Waals surface area contributed by atoms with Crippen molar-refractivity contribution in [1.82, 2.24) is 5.32 Å². The van der Waals surface area contributed by atoms with Crippen molar-refractivity contribution >= 4 is 0 Å². The maximum absolute atomic E-state index is 6.29. The van der Waals surface area contributed by atoms with Gasteiger partial charge in [0.1, 0.15) is 0 Å². The lowest BCUT2D eigenvalue weighted by molar-refractivity contribution is -0.0807. The Bertz CT molecular complexity index is 285. The third-order valence-corrected chi connectivity index (χ3v) is 4.89. The molecule has 2 heteroatoms. The predicted octanol–water partition coefficient (Wildman–Crippen LogP) is 3.75. The highest BCUT2D eigenvalue weighted by Gasteiger charge is 2.51. The maximum atomic E-state index is 6.29. The summed E-state index contributed by atoms with van der Waals surface area (Å²) in [5.41, 5.74) is 0.108. The second-order valence-electron chi connectivity index (χ2n) is 7.43. The molecule has 2 nitrogen and oxygen atoms in total. The predicted molar refractivity (Wildman–Crippen MR) is 76.8 cm³/mol. The average Bonchev–Trinajstić information content (AvgIpc) is 2.76. The van der Waals surface area contributed by atoms with Gasteiger partial charge in [0.2, 0.25) is 0 Å². The van der Waals surface area contributed by atoms with Gasteiger partial charge in [-0.3, -0.25) is 0 Å². The Morgan fingerprint density at radius 3 is 2.44 bits per heavy atom. The lowest BCUT2D eigenvalue weighted by atomic mass is 9.75. The van der Waals surface area contributed by atoms with E-state index in [1.807, 2.05) is 0 Å². The van der Waals surface area contributed by atoms with Crippen LogP contribution in [-0.2, 0) is 4.74 Å². The fraction of sp³-hybridized carbons (Fsp3) is 1.00. The molecule has 2 rings (SSSR count). The number of nitrogens with one attached hydrogen (secondary N) is 1. The van der Waals surface area contributed by atoms with Crippen molar-refractivity contribution in [2.75, 3.05) is 6.54 Å². The molecule has 0 amide bonds. The Balaban J connectivity index is 2.05. The summed E-state index contributed by atoms with van der Waals surface area (Å²) in [5.74, 6) is 1.53. The SMILES string of the molecule is CCCNC1CCCC1C1CC(C)(C)OC1(C)C. The quantitative estimate of drug-likeness (QED) is 0.824. The van der Waals surface area contributed by atoms with Gasteiger partial charge < -0.3 is 10.1 Å². The highest BCUT2D eigenvalue weighted by Crippen LogP contribution is 2.49. The van der Waals surface area contributed by atoms with Crippen LogP contribution in [0, 0.1) is 11.8 Å². The standard InChI is InChI=1S/C16H31NO/c1-6-10-17-14-9-7-8-12(14)13-11-15(2,3)18-16(13,4)5/h12-14,17H,6-11H2,1-5H3. The van der Waals surface area contributed by atoms with Crippen molar-refractivity contribution in [2.24, 2.45) is 11.8 Å². The molecular formula is C16H31NO. The van der Waals surface area contributed by atoms with E-state index in [2.05, 4.69) is 39.9 Å². The Morgan fingerprint density at radius 1 is 1.17 bits per heavy atom. The lowest BCUT2D eigenvalue weighted by Crippen LogP contribution is -2.42. The molecule has 0 spiro atoms. The number of hydrogen-bond acceptors (Lipinski definition) is 2. The average molecular weight is 253 g/mol. The minimum absolute atomic E-state index is 0.0463. The van der Waals surface area contributed by atoms with Crippen LogP contribution in [0.25, 0.3) is 0 Å². The molecule has 3 unspecified atom stereocenters. The van der Waals surface area contributed by atoms with Crippen molar-refractivity contribution in [3.63, 3.8) is 0 Å². The van der Waals surface area contributed by atoms with E-state index in [0.29, 0.717) is 5.92 Å². The van der Waals surface area contributed by atoms with E-state index in [1.54, 1.807) is 0 Å². The van der Waals surface area contributed by atoms with Crippen molar-refractivity contribution in [3.05, 3.63) is 0 Å². The first-order chi connectivity index (χ1) is 8.36. The number of rotatable bonds is 4. The Morgan fingerprint density at radius 2 is 1.89 bits per heavy atom. The number of hydrogen-bond donors (Lipinski definition) is 1. The van der Waals surface area contributed by atoms with Crippen LogP contribution in [0.4, 0.5) is 0 Å². The van der Waals surface area contributed by atoms with Gasteiger partial charge in [-0.2, -0.15) is 0 Å². The highest BCUT2D eigenvalue weighted by molar-refractivity contribution is 5.01. The zero-order valence-corrected chi connectivity index (χ0v) is 12.9. The van der Waals surface area contributed by atoms with Crippen LogP contribution < -0.4 is 5.32 Å². The molecule has 2 fully saturated rings. The van der Waals surface area contributed by atoms with E-state index in [9.17, 15) is 0 Å². The highest BCUT2D eigenvalue weighted by atomic mass is 16.5. The second-order valence-corrected chi connectivity index (χ2v) is 7.43. The zero-order chi connectivity index (χ0) is 13.4. The van der Waals surface area contributed by atoms with E-state index in [1.165, 1.54) is 38.6 Å². The third-order valence-electron chi connectivity index (χ3n) is 4.89. The molecule has 1 saturated heterocycles. The molecule has 1 N–H and O–H groups in total. The Hall–Kier alpha value is -0.0800. The smallest absolute Gasteiger partial charge is 0.0666 e. The van der Waals surface area contributed by atoms with Crippen LogP contribution in [0.3, 0.4) is 0 Å². The fourth-order valence-electron chi connectivity index (χ4n) is 4.33. The molecule has 1 heterocycles. The topological polar surface area (TPSA) is 21.3 Å². The summed E-state index contributed by atoms with van der Waals surface area (Å²) in [5, 5.41) is 3.77. The fourth-order valence-corrected chi connectivity index (χ4v) is 4.33. The van der Waals surface area contributed by atoms with Gasteiger partial charge in [0.25, 0.3) is 0 Å². The molecule has 0 aromatic carbocycles. The molecule has 0 bridgehead atoms. The summed E-state index contributed by atoms with van der Waals surface area (Å²) in [6.07, 6.45) is 6.58. The van der Waals surface area contributed by atoms with E-state index in [0.717, 1.165) is 12.0 Å². The van der Waals surface area contributed by atoms with Crippen LogP contribution in [0.5, 0.6) is 0 Å². The molecule has 0 aromatic heterocycles. The van der Waals surface area contributed by atoms with Gasteiger partial charge in [0.15, 0.2) is 0 Å². The van der Waals surface area contributed by atoms with Crippen molar-refractivity contribution < 1.29 is 4.74 Å². The summed E-state index contributed by atoms with van der Waals surface area (Å²) in [4.78, 5) is 0. The minimum Gasteiger partial charge on any atom is -0.369 e. The van der Waals surface area contributed by atoms with Gasteiger partial charge in [-0.05, 0) is 71.8 Å². The van der Waals surface area contributed by atoms with Gasteiger partial charge in [0.05, 0.1) is 11.2 Å². The Labute approximate surface area is 113 Å². The molecule has 0 aromatic rings. The second kappa shape index (κ2) is 5.13. The van der Waals surface area contributed by atoms with Crippen molar-refractivity contribution in [1.29, 1.82) is 0 Å². The molecule has 106 valence electrons. The van der Waals surface area contributed by atoms with Crippen LogP contribution in [0.2, 0.25) is 0 Å². The van der Waals surface area contributed by atoms with Gasteiger partial charge in [0, 0.05) is 6.04 Å². The Kier molecular flexibility index (Phi) is 4.08. The van der Waals surface area contributed by atoms with Crippen molar-refractivity contribution in [3.8, 4) is 0 Å². The van der Waals surface area contributed by atoms with Gasteiger partial charge in [-0.25, -0.2) is 0 Å². The summed E-state index contributed by atoms with van der Waals surface area (Å²) in [6.45, 7) is 12.5. The van der Waals surface area contributed by atoms with Crippen LogP contribution in [0.15, 0.2) is 0 Å². The maximum Gasteiger partial charge on any atom is 0.0666 e. The first-order valence-electron chi connectivity index (χ1n) is 7.79. The lowest BCUT2D eigenvalue weighted by Gasteiger charge is -2.34. The van der Waals surface area contributed by atoms with Gasteiger partial charge >= 0.3 is 0 Å². The third kappa shape index (κ3) is 2.91. The normalized spacial score (nSPS) is 38.2. The van der Waals surface area contributed by atoms with E-state index < -0.39 is 0 Å². The van der Waals surface area contributed by atoms with Crippen LogP contribution >= 0.6 is 0 Å². The largest absolute Gasteiger partial charge is 0.369 e. The van der Waals surface area contributed by atoms with E-state index >= 15 is 0 Å². The number of ether oxygens (including phenoxy) is 1. The van der Waals surface area contributed by atoms with E-state index in [4.69, 9.17) is 4.74 Å². The summed E-state index contributed by atoms with van der Waals surface area (Å²) < 4.78 is 6.29. The zero-order valence-electron chi connectivity index (χ0n) is 12.9. The molecular weight excluding hydrogens is 222 g/mol. The molecule has 3 atom stereocenters. The first-order valence-corrected chi connectivity index (χ1v) is 7.79. The molecule has 2 aliphatic rings. The monoisotopic (exact) mass is 253 g/mol. The molecule has 1 aliphatic carbocycles. The summed E-state index contributed by atoms with van der Waals surface area (Å²) in [7, 11) is 0. The van der Waals surface area contributed by atoms with Crippen LogP contribution in [-0.4, -0.2) is 23.8 Å². The van der Waals surface area contributed by atoms with Crippen molar-refractivity contribution in [2.45, 2.75) is 84.0 Å². The molecule has 1 saturated carbocycles. The van der Waals surface area contributed by atoms with E-state index in [-0.39, 0.29) is 11.2 Å². The minimum atomic E-state index is 0.0463. The summed E-state index contributed by atoms with van der Waals surface area (Å²) >= 11 is 0. The first kappa shape index (κ1) is 14.3.